The van der Waals surface area contributed by atoms with Crippen molar-refractivity contribution in [3.8, 4) is 0 Å². The van der Waals surface area contributed by atoms with E-state index in [9.17, 15) is 14.0 Å². The number of halogens is 2. The van der Waals surface area contributed by atoms with Gasteiger partial charge in [-0.05, 0) is 24.1 Å². The van der Waals surface area contributed by atoms with Crippen LogP contribution >= 0.6 is 11.6 Å². The standard InChI is InChI=1S/C12H15ClFN3O2/c1-6(2)10(11(15)18)17-12(19)16-9-5-7(14)3-4-8(9)13/h3-6,10H,1-2H3,(H2,15,18)(H2,16,17,19)/t10-/m0/s1. The molecule has 4 N–H and O–H groups in total. The molecule has 0 saturated carbocycles. The first-order valence-electron chi connectivity index (χ1n) is 5.63. The Bertz CT molecular complexity index is 494. The Labute approximate surface area is 115 Å². The number of carbonyl (C=O) groups excluding carboxylic acids is 2. The number of nitrogens with two attached hydrogens (primary N) is 1. The third-order valence-corrected chi connectivity index (χ3v) is 2.77. The first-order chi connectivity index (χ1) is 8.81. The zero-order valence-electron chi connectivity index (χ0n) is 10.5. The van der Waals surface area contributed by atoms with Crippen LogP contribution in [0.15, 0.2) is 18.2 Å². The zero-order valence-corrected chi connectivity index (χ0v) is 11.3. The van der Waals surface area contributed by atoms with Crippen LogP contribution in [0.5, 0.6) is 0 Å². The van der Waals surface area contributed by atoms with Crippen molar-refractivity contribution in [1.29, 1.82) is 0 Å². The Morgan fingerprint density at radius 2 is 2.00 bits per heavy atom. The molecule has 1 aromatic rings. The Morgan fingerprint density at radius 1 is 1.37 bits per heavy atom. The third-order valence-electron chi connectivity index (χ3n) is 2.44. The zero-order chi connectivity index (χ0) is 14.6. The van der Waals surface area contributed by atoms with Crippen LogP contribution < -0.4 is 16.4 Å². The van der Waals surface area contributed by atoms with Gasteiger partial charge in [-0.15, -0.1) is 0 Å². The molecule has 0 heterocycles. The number of hydrogen-bond donors (Lipinski definition) is 3. The molecule has 0 radical (unpaired) electrons. The van der Waals surface area contributed by atoms with Gasteiger partial charge in [0.2, 0.25) is 5.91 Å². The maximum atomic E-state index is 13.0. The van der Waals surface area contributed by atoms with E-state index in [0.717, 1.165) is 6.07 Å². The van der Waals surface area contributed by atoms with E-state index in [4.69, 9.17) is 17.3 Å². The topological polar surface area (TPSA) is 84.2 Å². The molecule has 0 aliphatic heterocycles. The van der Waals surface area contributed by atoms with Crippen LogP contribution in [0.2, 0.25) is 5.02 Å². The molecule has 1 rings (SSSR count). The number of nitrogens with one attached hydrogen (secondary N) is 2. The minimum absolute atomic E-state index is 0.117. The molecule has 0 aliphatic rings. The lowest BCUT2D eigenvalue weighted by molar-refractivity contribution is -0.120. The van der Waals surface area contributed by atoms with Crippen molar-refractivity contribution in [3.63, 3.8) is 0 Å². The van der Waals surface area contributed by atoms with Crippen LogP contribution in [0.4, 0.5) is 14.9 Å². The van der Waals surface area contributed by atoms with Gasteiger partial charge in [-0.3, -0.25) is 4.79 Å². The molecule has 7 heteroatoms. The van der Waals surface area contributed by atoms with Crippen molar-refractivity contribution in [2.24, 2.45) is 11.7 Å². The van der Waals surface area contributed by atoms with Crippen LogP contribution in [-0.2, 0) is 4.79 Å². The molecule has 1 aromatic carbocycles. The molecule has 0 spiro atoms. The molecule has 0 unspecified atom stereocenters. The second-order valence-electron chi connectivity index (χ2n) is 4.35. The molecule has 0 fully saturated rings. The van der Waals surface area contributed by atoms with E-state index in [1.165, 1.54) is 12.1 Å². The number of amides is 3. The Balaban J connectivity index is 2.74. The normalized spacial score (nSPS) is 12.1. The lowest BCUT2D eigenvalue weighted by atomic mass is 10.0. The predicted molar refractivity (Wildman–Crippen MR) is 71.4 cm³/mol. The molecule has 5 nitrogen and oxygen atoms in total. The van der Waals surface area contributed by atoms with Crippen LogP contribution in [0.1, 0.15) is 13.8 Å². The average Bonchev–Trinajstić information content (AvgIpc) is 2.30. The number of primary amides is 1. The van der Waals surface area contributed by atoms with Gasteiger partial charge in [0.15, 0.2) is 0 Å². The summed E-state index contributed by atoms with van der Waals surface area (Å²) in [7, 11) is 0. The number of urea groups is 1. The maximum absolute atomic E-state index is 13.0. The summed E-state index contributed by atoms with van der Waals surface area (Å²) in [4.78, 5) is 22.8. The molecule has 0 bridgehead atoms. The van der Waals surface area contributed by atoms with Gasteiger partial charge in [0.1, 0.15) is 11.9 Å². The van der Waals surface area contributed by atoms with E-state index in [0.29, 0.717) is 0 Å². The average molecular weight is 288 g/mol. The van der Waals surface area contributed by atoms with E-state index in [-0.39, 0.29) is 16.6 Å². The Morgan fingerprint density at radius 3 is 2.53 bits per heavy atom. The highest BCUT2D eigenvalue weighted by Crippen LogP contribution is 2.22. The highest BCUT2D eigenvalue weighted by Gasteiger charge is 2.21. The minimum Gasteiger partial charge on any atom is -0.368 e. The summed E-state index contributed by atoms with van der Waals surface area (Å²) in [5.41, 5.74) is 5.28. The van der Waals surface area contributed by atoms with Crippen molar-refractivity contribution in [3.05, 3.63) is 29.0 Å². The number of anilines is 1. The van der Waals surface area contributed by atoms with Gasteiger partial charge >= 0.3 is 6.03 Å². The summed E-state index contributed by atoms with van der Waals surface area (Å²) in [5.74, 6) is -1.34. The Hall–Kier alpha value is -1.82. The maximum Gasteiger partial charge on any atom is 0.319 e. The van der Waals surface area contributed by atoms with E-state index >= 15 is 0 Å². The molecule has 0 saturated heterocycles. The fourth-order valence-electron chi connectivity index (χ4n) is 1.46. The summed E-state index contributed by atoms with van der Waals surface area (Å²) in [6.45, 7) is 3.48. The van der Waals surface area contributed by atoms with Gasteiger partial charge in [0.25, 0.3) is 0 Å². The fraction of sp³-hybridized carbons (Fsp3) is 0.333. The molecular formula is C12H15ClFN3O2. The van der Waals surface area contributed by atoms with Crippen LogP contribution in [0, 0.1) is 11.7 Å². The Kier molecular flexibility index (Phi) is 5.11. The van der Waals surface area contributed by atoms with Gasteiger partial charge < -0.3 is 16.4 Å². The SMILES string of the molecule is CC(C)[C@H](NC(=O)Nc1cc(F)ccc1Cl)C(N)=O. The monoisotopic (exact) mass is 287 g/mol. The van der Waals surface area contributed by atoms with E-state index in [1.807, 2.05) is 0 Å². The molecular weight excluding hydrogens is 273 g/mol. The van der Waals surface area contributed by atoms with Crippen molar-refractivity contribution in [2.45, 2.75) is 19.9 Å². The summed E-state index contributed by atoms with van der Waals surface area (Å²) >= 11 is 5.80. The highest BCUT2D eigenvalue weighted by molar-refractivity contribution is 6.33. The largest absolute Gasteiger partial charge is 0.368 e. The van der Waals surface area contributed by atoms with Crippen LogP contribution in [0.3, 0.4) is 0 Å². The highest BCUT2D eigenvalue weighted by atomic mass is 35.5. The number of hydrogen-bond acceptors (Lipinski definition) is 2. The summed E-state index contributed by atoms with van der Waals surface area (Å²) in [6, 6.07) is 2.08. The lowest BCUT2D eigenvalue weighted by Gasteiger charge is -2.19. The smallest absolute Gasteiger partial charge is 0.319 e. The lowest BCUT2D eigenvalue weighted by Crippen LogP contribution is -2.49. The van der Waals surface area contributed by atoms with Gasteiger partial charge in [0, 0.05) is 0 Å². The van der Waals surface area contributed by atoms with Gasteiger partial charge in [-0.2, -0.15) is 0 Å². The van der Waals surface area contributed by atoms with E-state index in [2.05, 4.69) is 10.6 Å². The summed E-state index contributed by atoms with van der Waals surface area (Å²) < 4.78 is 13.0. The van der Waals surface area contributed by atoms with Crippen LogP contribution in [0.25, 0.3) is 0 Å². The number of benzene rings is 1. The van der Waals surface area contributed by atoms with E-state index < -0.39 is 23.8 Å². The first-order valence-corrected chi connectivity index (χ1v) is 6.01. The van der Waals surface area contributed by atoms with Crippen molar-refractivity contribution in [2.75, 3.05) is 5.32 Å². The summed E-state index contributed by atoms with van der Waals surface area (Å²) in [5, 5.41) is 4.96. The second-order valence-corrected chi connectivity index (χ2v) is 4.75. The van der Waals surface area contributed by atoms with Gasteiger partial charge in [-0.1, -0.05) is 25.4 Å². The molecule has 19 heavy (non-hydrogen) atoms. The fourth-order valence-corrected chi connectivity index (χ4v) is 1.62. The molecule has 104 valence electrons. The molecule has 0 aromatic heterocycles. The quantitative estimate of drug-likeness (QED) is 0.792. The second kappa shape index (κ2) is 6.38. The van der Waals surface area contributed by atoms with Crippen molar-refractivity contribution < 1.29 is 14.0 Å². The van der Waals surface area contributed by atoms with Crippen molar-refractivity contribution >= 4 is 29.2 Å². The van der Waals surface area contributed by atoms with Crippen molar-refractivity contribution in [1.82, 2.24) is 5.32 Å². The van der Waals surface area contributed by atoms with Gasteiger partial charge in [0.05, 0.1) is 10.7 Å². The molecule has 0 aliphatic carbocycles. The minimum atomic E-state index is -0.813. The molecule has 3 amide bonds. The van der Waals surface area contributed by atoms with E-state index in [1.54, 1.807) is 13.8 Å². The summed E-state index contributed by atoms with van der Waals surface area (Å²) in [6.07, 6.45) is 0. The predicted octanol–water partition coefficient (Wildman–Crippen LogP) is 2.11. The number of carbonyl (C=O) groups is 2. The third kappa shape index (κ3) is 4.40. The first kappa shape index (κ1) is 15.2. The number of rotatable bonds is 4. The molecule has 1 atom stereocenters. The van der Waals surface area contributed by atoms with Gasteiger partial charge in [-0.25, -0.2) is 9.18 Å². The van der Waals surface area contributed by atoms with Crippen LogP contribution in [-0.4, -0.2) is 18.0 Å².